The number of halogens is 1. The van der Waals surface area contributed by atoms with Crippen LogP contribution in [-0.4, -0.2) is 24.0 Å². The molecule has 1 aromatic rings. The van der Waals surface area contributed by atoms with Crippen molar-refractivity contribution in [2.45, 2.75) is 57.7 Å². The van der Waals surface area contributed by atoms with E-state index >= 15 is 0 Å². The monoisotopic (exact) mass is 338 g/mol. The molecule has 1 aromatic carbocycles. The Morgan fingerprint density at radius 3 is 2.70 bits per heavy atom. The van der Waals surface area contributed by atoms with Gasteiger partial charge < -0.3 is 5.73 Å². The molecule has 0 amide bonds. The van der Waals surface area contributed by atoms with Crippen LogP contribution in [-0.2, 0) is 0 Å². The maximum atomic E-state index is 6.30. The Morgan fingerprint density at radius 2 is 2.10 bits per heavy atom. The van der Waals surface area contributed by atoms with E-state index in [9.17, 15) is 0 Å². The fraction of sp³-hybridized carbons (Fsp3) is 0.647. The molecule has 0 bridgehead atoms. The Hall–Kier alpha value is -0.380. The molecular formula is C17H27BrN2. The number of benzene rings is 1. The van der Waals surface area contributed by atoms with Crippen molar-refractivity contribution >= 4 is 15.9 Å². The summed E-state index contributed by atoms with van der Waals surface area (Å²) in [4.78, 5) is 2.52. The molecule has 112 valence electrons. The van der Waals surface area contributed by atoms with Crippen molar-refractivity contribution in [1.29, 1.82) is 0 Å². The van der Waals surface area contributed by atoms with E-state index in [1.807, 2.05) is 0 Å². The molecule has 3 heteroatoms. The summed E-state index contributed by atoms with van der Waals surface area (Å²) >= 11 is 3.57. The zero-order valence-corrected chi connectivity index (χ0v) is 14.4. The van der Waals surface area contributed by atoms with Crippen LogP contribution in [0.3, 0.4) is 0 Å². The average molecular weight is 339 g/mol. The number of hydrogen-bond acceptors (Lipinski definition) is 2. The van der Waals surface area contributed by atoms with Gasteiger partial charge in [-0.15, -0.1) is 0 Å². The standard InChI is InChI=1S/C17H27BrN2/c1-12-6-4-9-16(10-12)20(3)17(13(2)19)14-7-5-8-15(18)11-14/h5,7-8,11-13,16-17H,4,6,9-10,19H2,1-3H3. The van der Waals surface area contributed by atoms with E-state index in [1.54, 1.807) is 0 Å². The summed E-state index contributed by atoms with van der Waals surface area (Å²) in [5, 5.41) is 0. The van der Waals surface area contributed by atoms with Crippen molar-refractivity contribution in [2.75, 3.05) is 7.05 Å². The maximum Gasteiger partial charge on any atom is 0.0496 e. The fourth-order valence-electron chi connectivity index (χ4n) is 3.60. The first-order chi connectivity index (χ1) is 9.49. The molecule has 0 spiro atoms. The van der Waals surface area contributed by atoms with Gasteiger partial charge in [0.05, 0.1) is 0 Å². The van der Waals surface area contributed by atoms with Crippen LogP contribution in [0, 0.1) is 5.92 Å². The van der Waals surface area contributed by atoms with E-state index in [0.29, 0.717) is 12.1 Å². The third-order valence-corrected chi connectivity index (χ3v) is 5.10. The zero-order valence-electron chi connectivity index (χ0n) is 12.8. The van der Waals surface area contributed by atoms with Gasteiger partial charge in [-0.05, 0) is 50.4 Å². The van der Waals surface area contributed by atoms with E-state index in [0.717, 1.165) is 10.4 Å². The molecule has 0 aromatic heterocycles. The highest BCUT2D eigenvalue weighted by atomic mass is 79.9. The van der Waals surface area contributed by atoms with Crippen LogP contribution in [0.25, 0.3) is 0 Å². The second-order valence-electron chi connectivity index (χ2n) is 6.45. The summed E-state index contributed by atoms with van der Waals surface area (Å²) in [6, 6.07) is 9.66. The molecule has 0 saturated heterocycles. The van der Waals surface area contributed by atoms with Crippen molar-refractivity contribution < 1.29 is 0 Å². The molecule has 4 atom stereocenters. The van der Waals surface area contributed by atoms with Gasteiger partial charge in [-0.1, -0.05) is 47.8 Å². The quantitative estimate of drug-likeness (QED) is 0.884. The number of likely N-dealkylation sites (N-methyl/N-ethyl adjacent to an activating group) is 1. The largest absolute Gasteiger partial charge is 0.326 e. The summed E-state index contributed by atoms with van der Waals surface area (Å²) < 4.78 is 1.13. The van der Waals surface area contributed by atoms with E-state index in [2.05, 4.69) is 66.0 Å². The van der Waals surface area contributed by atoms with E-state index in [-0.39, 0.29) is 6.04 Å². The zero-order chi connectivity index (χ0) is 14.7. The van der Waals surface area contributed by atoms with Crippen LogP contribution in [0.2, 0.25) is 0 Å². The van der Waals surface area contributed by atoms with Crippen molar-refractivity contribution in [3.05, 3.63) is 34.3 Å². The third-order valence-electron chi connectivity index (χ3n) is 4.61. The summed E-state index contributed by atoms with van der Waals surface area (Å²) in [5.41, 5.74) is 7.62. The predicted molar refractivity (Wildman–Crippen MR) is 89.7 cm³/mol. The molecule has 0 heterocycles. The van der Waals surface area contributed by atoms with Crippen molar-refractivity contribution in [3.8, 4) is 0 Å². The van der Waals surface area contributed by atoms with Crippen molar-refractivity contribution in [2.24, 2.45) is 11.7 Å². The predicted octanol–water partition coefficient (Wildman–Crippen LogP) is 4.35. The molecular weight excluding hydrogens is 312 g/mol. The molecule has 0 radical (unpaired) electrons. The smallest absolute Gasteiger partial charge is 0.0496 e. The van der Waals surface area contributed by atoms with Gasteiger partial charge in [-0.2, -0.15) is 0 Å². The van der Waals surface area contributed by atoms with Gasteiger partial charge in [-0.3, -0.25) is 4.90 Å². The Bertz CT molecular complexity index is 433. The second kappa shape index (κ2) is 7.06. The Kier molecular flexibility index (Phi) is 5.65. The van der Waals surface area contributed by atoms with E-state index < -0.39 is 0 Å². The first kappa shape index (κ1) is 16.0. The lowest BCUT2D eigenvalue weighted by atomic mass is 9.85. The molecule has 20 heavy (non-hydrogen) atoms. The highest BCUT2D eigenvalue weighted by Crippen LogP contribution is 2.33. The average Bonchev–Trinajstić information content (AvgIpc) is 2.38. The van der Waals surface area contributed by atoms with Gasteiger partial charge in [0.15, 0.2) is 0 Å². The second-order valence-corrected chi connectivity index (χ2v) is 7.37. The first-order valence-corrected chi connectivity index (χ1v) is 8.51. The van der Waals surface area contributed by atoms with E-state index in [1.165, 1.54) is 31.2 Å². The first-order valence-electron chi connectivity index (χ1n) is 7.72. The summed E-state index contributed by atoms with van der Waals surface area (Å²) in [6.07, 6.45) is 5.33. The van der Waals surface area contributed by atoms with Crippen LogP contribution in [0.15, 0.2) is 28.7 Å². The molecule has 2 nitrogen and oxygen atoms in total. The topological polar surface area (TPSA) is 29.3 Å². The molecule has 1 aliphatic rings. The summed E-state index contributed by atoms with van der Waals surface area (Å²) in [5.74, 6) is 0.840. The lowest BCUT2D eigenvalue weighted by Crippen LogP contribution is -2.44. The van der Waals surface area contributed by atoms with Crippen LogP contribution < -0.4 is 5.73 Å². The van der Waals surface area contributed by atoms with Gasteiger partial charge in [0, 0.05) is 22.6 Å². The Labute approximate surface area is 131 Å². The van der Waals surface area contributed by atoms with Crippen molar-refractivity contribution in [1.82, 2.24) is 4.90 Å². The minimum Gasteiger partial charge on any atom is -0.326 e. The van der Waals surface area contributed by atoms with Crippen LogP contribution in [0.1, 0.15) is 51.1 Å². The number of hydrogen-bond donors (Lipinski definition) is 1. The SMILES string of the molecule is CC1CCCC(N(C)C(c2cccc(Br)c2)C(C)N)C1. The summed E-state index contributed by atoms with van der Waals surface area (Å²) in [7, 11) is 2.25. The minimum atomic E-state index is 0.131. The van der Waals surface area contributed by atoms with Crippen LogP contribution in [0.4, 0.5) is 0 Å². The van der Waals surface area contributed by atoms with Gasteiger partial charge in [-0.25, -0.2) is 0 Å². The van der Waals surface area contributed by atoms with Crippen LogP contribution >= 0.6 is 15.9 Å². The third kappa shape index (κ3) is 3.84. The molecule has 2 N–H and O–H groups in total. The number of rotatable bonds is 4. The number of nitrogens with two attached hydrogens (primary N) is 1. The molecule has 1 aliphatic carbocycles. The normalized spacial score (nSPS) is 26.5. The Balaban J connectivity index is 2.19. The Morgan fingerprint density at radius 1 is 1.35 bits per heavy atom. The molecule has 0 aliphatic heterocycles. The minimum absolute atomic E-state index is 0.131. The highest BCUT2D eigenvalue weighted by molar-refractivity contribution is 9.10. The molecule has 1 saturated carbocycles. The number of nitrogens with zero attached hydrogens (tertiary/aromatic N) is 1. The maximum absolute atomic E-state index is 6.30. The van der Waals surface area contributed by atoms with Gasteiger partial charge in [0.2, 0.25) is 0 Å². The van der Waals surface area contributed by atoms with Gasteiger partial charge >= 0.3 is 0 Å². The van der Waals surface area contributed by atoms with Crippen molar-refractivity contribution in [3.63, 3.8) is 0 Å². The summed E-state index contributed by atoms with van der Waals surface area (Å²) in [6.45, 7) is 4.49. The fourth-order valence-corrected chi connectivity index (χ4v) is 4.02. The molecule has 2 rings (SSSR count). The van der Waals surface area contributed by atoms with E-state index in [4.69, 9.17) is 5.73 Å². The highest BCUT2D eigenvalue weighted by Gasteiger charge is 2.29. The lowest BCUT2D eigenvalue weighted by molar-refractivity contribution is 0.106. The van der Waals surface area contributed by atoms with Gasteiger partial charge in [0.1, 0.15) is 0 Å². The molecule has 1 fully saturated rings. The van der Waals surface area contributed by atoms with Crippen LogP contribution in [0.5, 0.6) is 0 Å². The lowest BCUT2D eigenvalue weighted by Gasteiger charge is -2.41. The molecule has 4 unspecified atom stereocenters. The van der Waals surface area contributed by atoms with Gasteiger partial charge in [0.25, 0.3) is 0 Å².